The molecule has 1 saturated heterocycles. The molecule has 0 aliphatic carbocycles. The van der Waals surface area contributed by atoms with Crippen LogP contribution in [0.25, 0.3) is 0 Å². The Morgan fingerprint density at radius 3 is 2.18 bits per heavy atom. The Morgan fingerprint density at radius 2 is 1.61 bits per heavy atom. The molecule has 1 atom stereocenters. The lowest BCUT2D eigenvalue weighted by Crippen LogP contribution is -2.45. The fraction of sp³-hybridized carbons (Fsp3) is 0.185. The van der Waals surface area contributed by atoms with Crippen LogP contribution in [0.2, 0.25) is 0 Å². The fourth-order valence-electron chi connectivity index (χ4n) is 4.15. The lowest BCUT2D eigenvalue weighted by molar-refractivity contribution is -0.122. The van der Waals surface area contributed by atoms with E-state index in [2.05, 4.69) is 10.1 Å². The molecule has 1 heterocycles. The number of ether oxygens (including phenoxy) is 1. The summed E-state index contributed by atoms with van der Waals surface area (Å²) in [6.45, 7) is 1.19. The first-order valence-corrected chi connectivity index (χ1v) is 13.0. The van der Waals surface area contributed by atoms with E-state index in [0.717, 1.165) is 9.21 Å². The summed E-state index contributed by atoms with van der Waals surface area (Å²) in [6, 6.07) is 18.7. The van der Waals surface area contributed by atoms with Crippen molar-refractivity contribution in [3.63, 3.8) is 0 Å². The zero-order chi connectivity index (χ0) is 27.4. The third kappa shape index (κ3) is 5.48. The number of hydrogen-bond donors (Lipinski definition) is 1. The maximum atomic E-state index is 13.8. The van der Waals surface area contributed by atoms with Crippen molar-refractivity contribution in [2.24, 2.45) is 0 Å². The zero-order valence-corrected chi connectivity index (χ0v) is 21.5. The number of methoxy groups -OCH3 is 1. The average molecular weight is 536 g/mol. The van der Waals surface area contributed by atoms with Crippen molar-refractivity contribution in [2.45, 2.75) is 30.8 Å². The third-order valence-corrected chi connectivity index (χ3v) is 7.85. The summed E-state index contributed by atoms with van der Waals surface area (Å²) in [6.07, 6.45) is -0.354. The van der Waals surface area contributed by atoms with Crippen LogP contribution in [0.4, 0.5) is 11.4 Å². The van der Waals surface area contributed by atoms with Crippen LogP contribution in [-0.4, -0.2) is 49.6 Å². The Kier molecular flexibility index (Phi) is 7.70. The van der Waals surface area contributed by atoms with Gasteiger partial charge in [0, 0.05) is 19.2 Å². The van der Waals surface area contributed by atoms with Crippen LogP contribution in [-0.2, 0) is 35.7 Å². The molecule has 0 aromatic heterocycles. The van der Waals surface area contributed by atoms with Gasteiger partial charge < -0.3 is 10.1 Å². The normalized spacial score (nSPS) is 15.6. The predicted octanol–water partition coefficient (Wildman–Crippen LogP) is 2.95. The number of amides is 3. The first-order valence-electron chi connectivity index (χ1n) is 11.6. The second kappa shape index (κ2) is 11.0. The average Bonchev–Trinajstić information content (AvgIpc) is 3.20. The van der Waals surface area contributed by atoms with Crippen molar-refractivity contribution < 1.29 is 32.3 Å². The Hall–Kier alpha value is -4.35. The van der Waals surface area contributed by atoms with Gasteiger partial charge in [0.25, 0.3) is 5.91 Å². The van der Waals surface area contributed by atoms with E-state index in [0.29, 0.717) is 11.3 Å². The van der Waals surface area contributed by atoms with Crippen LogP contribution >= 0.6 is 0 Å². The molecule has 11 heteroatoms. The summed E-state index contributed by atoms with van der Waals surface area (Å²) >= 11 is 0. The van der Waals surface area contributed by atoms with Gasteiger partial charge in [-0.1, -0.05) is 30.3 Å². The van der Waals surface area contributed by atoms with Gasteiger partial charge in [-0.15, -0.1) is 0 Å². The molecule has 0 spiro atoms. The van der Waals surface area contributed by atoms with Gasteiger partial charge in [-0.3, -0.25) is 14.4 Å². The topological polar surface area (TPSA) is 130 Å². The summed E-state index contributed by atoms with van der Waals surface area (Å²) in [5, 5.41) is 2.58. The van der Waals surface area contributed by atoms with E-state index in [1.807, 2.05) is 0 Å². The Labute approximate surface area is 219 Å². The van der Waals surface area contributed by atoms with Gasteiger partial charge >= 0.3 is 5.97 Å². The predicted molar refractivity (Wildman–Crippen MR) is 139 cm³/mol. The number of hydrogen-bond acceptors (Lipinski definition) is 7. The van der Waals surface area contributed by atoms with Gasteiger partial charge in [0.1, 0.15) is 6.04 Å². The van der Waals surface area contributed by atoms with Gasteiger partial charge in [-0.05, 0) is 54.1 Å². The number of esters is 1. The molecule has 196 valence electrons. The highest BCUT2D eigenvalue weighted by molar-refractivity contribution is 7.89. The molecule has 1 aliphatic heterocycles. The third-order valence-electron chi connectivity index (χ3n) is 5.98. The van der Waals surface area contributed by atoms with Crippen LogP contribution in [0, 0.1) is 0 Å². The Balaban J connectivity index is 1.69. The first-order chi connectivity index (χ1) is 18.1. The molecule has 1 N–H and O–H groups in total. The van der Waals surface area contributed by atoms with E-state index in [9.17, 15) is 27.6 Å². The number of anilines is 2. The van der Waals surface area contributed by atoms with Gasteiger partial charge in [0.05, 0.1) is 29.7 Å². The SMILES string of the molecule is COC(=O)c1ccc(N2C(=O)CC(N(Cc3ccccc3)S(=O)(=O)c3ccc(NC(C)=O)cc3)C2=O)cc1. The molecule has 3 amide bonds. The minimum absolute atomic E-state index is 0.0938. The van der Waals surface area contributed by atoms with Gasteiger partial charge in [0.15, 0.2) is 0 Å². The molecule has 4 rings (SSSR count). The number of imide groups is 1. The second-order valence-electron chi connectivity index (χ2n) is 8.57. The van der Waals surface area contributed by atoms with Crippen molar-refractivity contribution in [3.05, 3.63) is 90.0 Å². The fourth-order valence-corrected chi connectivity index (χ4v) is 5.72. The number of carbonyl (C=O) groups is 4. The van der Waals surface area contributed by atoms with Crippen molar-refractivity contribution in [2.75, 3.05) is 17.3 Å². The van der Waals surface area contributed by atoms with Crippen LogP contribution in [0.15, 0.2) is 83.8 Å². The van der Waals surface area contributed by atoms with Crippen molar-refractivity contribution in [3.8, 4) is 0 Å². The summed E-state index contributed by atoms with van der Waals surface area (Å²) in [5.41, 5.74) is 1.50. The second-order valence-corrected chi connectivity index (χ2v) is 10.5. The molecule has 0 radical (unpaired) electrons. The lowest BCUT2D eigenvalue weighted by atomic mass is 10.2. The molecule has 1 unspecified atom stereocenters. The number of carbonyl (C=O) groups excluding carboxylic acids is 4. The van der Waals surface area contributed by atoms with Crippen LogP contribution < -0.4 is 10.2 Å². The summed E-state index contributed by atoms with van der Waals surface area (Å²) in [7, 11) is -3.01. The highest BCUT2D eigenvalue weighted by Gasteiger charge is 2.47. The quantitative estimate of drug-likeness (QED) is 0.347. The van der Waals surface area contributed by atoms with E-state index < -0.39 is 33.8 Å². The van der Waals surface area contributed by atoms with E-state index in [-0.39, 0.29) is 35.0 Å². The molecule has 10 nitrogen and oxygen atoms in total. The number of sulfonamides is 1. The van der Waals surface area contributed by atoms with Gasteiger partial charge in [0.2, 0.25) is 21.8 Å². The molecular weight excluding hydrogens is 510 g/mol. The minimum Gasteiger partial charge on any atom is -0.465 e. The summed E-state index contributed by atoms with van der Waals surface area (Å²) in [4.78, 5) is 50.4. The molecule has 1 aliphatic rings. The minimum atomic E-state index is -4.25. The highest BCUT2D eigenvalue weighted by Crippen LogP contribution is 2.31. The molecule has 3 aromatic carbocycles. The van der Waals surface area contributed by atoms with E-state index in [1.54, 1.807) is 30.3 Å². The van der Waals surface area contributed by atoms with Crippen molar-refractivity contribution in [1.29, 1.82) is 0 Å². The first kappa shape index (κ1) is 26.7. The summed E-state index contributed by atoms with van der Waals surface area (Å²) < 4.78 is 33.3. The highest BCUT2D eigenvalue weighted by atomic mass is 32.2. The van der Waals surface area contributed by atoms with Gasteiger partial charge in [-0.2, -0.15) is 4.31 Å². The smallest absolute Gasteiger partial charge is 0.337 e. The van der Waals surface area contributed by atoms with Crippen molar-refractivity contribution in [1.82, 2.24) is 4.31 Å². The number of nitrogens with one attached hydrogen (secondary N) is 1. The van der Waals surface area contributed by atoms with Gasteiger partial charge in [-0.25, -0.2) is 18.1 Å². The molecule has 0 saturated carbocycles. The standard InChI is InChI=1S/C27H25N3O7S/c1-18(31)28-21-10-14-23(15-11-21)38(35,36)29(17-19-6-4-3-5-7-19)24-16-25(32)30(26(24)33)22-12-8-20(9-13-22)27(34)37-2/h3-15,24H,16-17H2,1-2H3,(H,28,31). The maximum Gasteiger partial charge on any atom is 0.337 e. The van der Waals surface area contributed by atoms with Crippen LogP contribution in [0.5, 0.6) is 0 Å². The van der Waals surface area contributed by atoms with E-state index in [1.165, 1.54) is 62.6 Å². The van der Waals surface area contributed by atoms with E-state index in [4.69, 9.17) is 0 Å². The number of benzene rings is 3. The lowest BCUT2D eigenvalue weighted by Gasteiger charge is -2.27. The summed E-state index contributed by atoms with van der Waals surface area (Å²) in [5.74, 6) is -2.14. The Morgan fingerprint density at radius 1 is 0.974 bits per heavy atom. The monoisotopic (exact) mass is 535 g/mol. The number of rotatable bonds is 8. The largest absolute Gasteiger partial charge is 0.465 e. The zero-order valence-electron chi connectivity index (χ0n) is 20.7. The van der Waals surface area contributed by atoms with Crippen molar-refractivity contribution >= 4 is 45.1 Å². The Bertz CT molecular complexity index is 1470. The van der Waals surface area contributed by atoms with Crippen LogP contribution in [0.1, 0.15) is 29.3 Å². The molecule has 0 bridgehead atoms. The van der Waals surface area contributed by atoms with Crippen LogP contribution in [0.3, 0.4) is 0 Å². The molecular formula is C27H25N3O7S. The maximum absolute atomic E-state index is 13.8. The molecule has 38 heavy (non-hydrogen) atoms. The molecule has 1 fully saturated rings. The van der Waals surface area contributed by atoms with E-state index >= 15 is 0 Å². The number of nitrogens with zero attached hydrogens (tertiary/aromatic N) is 2. The molecule has 3 aromatic rings.